The molecule has 0 aliphatic carbocycles. The van der Waals surface area contributed by atoms with Gasteiger partial charge >= 0.3 is 11.9 Å². The largest absolute Gasteiger partial charge is 0.481 e. The second-order valence-electron chi connectivity index (χ2n) is 4.10. The molecule has 0 spiro atoms. The molecular formula is C14H15NO5. The van der Waals surface area contributed by atoms with E-state index in [9.17, 15) is 9.59 Å². The number of nitriles is 1. The van der Waals surface area contributed by atoms with E-state index in [2.05, 4.69) is 4.74 Å². The molecule has 0 fully saturated rings. The first kappa shape index (κ1) is 15.5. The number of carbonyl (C=O) groups excluding carboxylic acids is 2. The van der Waals surface area contributed by atoms with Crippen LogP contribution in [0.25, 0.3) is 0 Å². The number of ether oxygens (including phenoxy) is 3. The molecule has 1 aromatic carbocycles. The highest BCUT2D eigenvalue weighted by molar-refractivity contribution is 5.77. The van der Waals surface area contributed by atoms with Crippen LogP contribution in [-0.4, -0.2) is 31.3 Å². The first-order chi connectivity index (χ1) is 9.52. The van der Waals surface area contributed by atoms with E-state index in [0.29, 0.717) is 5.56 Å². The van der Waals surface area contributed by atoms with Crippen molar-refractivity contribution in [2.45, 2.75) is 20.0 Å². The number of benzene rings is 1. The highest BCUT2D eigenvalue weighted by Crippen LogP contribution is 2.16. The number of hydrogen-bond donors (Lipinski definition) is 0. The van der Waals surface area contributed by atoms with Crippen molar-refractivity contribution >= 4 is 11.9 Å². The van der Waals surface area contributed by atoms with Crippen molar-refractivity contribution in [3.05, 3.63) is 29.8 Å². The molecule has 0 aliphatic heterocycles. The number of carbonyl (C=O) groups is 2. The normalized spacial score (nSPS) is 9.70. The van der Waals surface area contributed by atoms with E-state index in [1.165, 1.54) is 0 Å². The zero-order valence-electron chi connectivity index (χ0n) is 11.3. The lowest BCUT2D eigenvalue weighted by Gasteiger charge is -2.09. The van der Waals surface area contributed by atoms with Gasteiger partial charge in [-0.05, 0) is 26.0 Å². The third kappa shape index (κ3) is 5.40. The molecule has 0 unspecified atom stereocenters. The molecule has 0 aromatic heterocycles. The SMILES string of the molecule is CC(C)OC(=O)COC(=O)COc1ccccc1C#N. The summed E-state index contributed by atoms with van der Waals surface area (Å²) in [5.41, 5.74) is 0.319. The fourth-order valence-corrected chi connectivity index (χ4v) is 1.30. The molecule has 106 valence electrons. The topological polar surface area (TPSA) is 85.6 Å². The van der Waals surface area contributed by atoms with Crippen LogP contribution in [0.1, 0.15) is 19.4 Å². The molecule has 0 saturated heterocycles. The molecule has 0 amide bonds. The molecule has 0 saturated carbocycles. The van der Waals surface area contributed by atoms with E-state index in [0.717, 1.165) is 0 Å². The second-order valence-corrected chi connectivity index (χ2v) is 4.10. The predicted molar refractivity (Wildman–Crippen MR) is 68.8 cm³/mol. The maximum atomic E-state index is 11.4. The summed E-state index contributed by atoms with van der Waals surface area (Å²) < 4.78 is 14.6. The molecule has 6 heteroatoms. The van der Waals surface area contributed by atoms with Gasteiger partial charge < -0.3 is 14.2 Å². The Labute approximate surface area is 116 Å². The van der Waals surface area contributed by atoms with Crippen molar-refractivity contribution < 1.29 is 23.8 Å². The summed E-state index contributed by atoms with van der Waals surface area (Å²) in [5.74, 6) is -1.04. The summed E-state index contributed by atoms with van der Waals surface area (Å²) in [5, 5.41) is 8.84. The molecule has 6 nitrogen and oxygen atoms in total. The fraction of sp³-hybridized carbons (Fsp3) is 0.357. The Hall–Kier alpha value is -2.55. The van der Waals surface area contributed by atoms with Crippen molar-refractivity contribution in [1.82, 2.24) is 0 Å². The van der Waals surface area contributed by atoms with Crippen LogP contribution in [0.15, 0.2) is 24.3 Å². The van der Waals surface area contributed by atoms with Crippen LogP contribution < -0.4 is 4.74 Å². The summed E-state index contributed by atoms with van der Waals surface area (Å²) >= 11 is 0. The lowest BCUT2D eigenvalue weighted by Crippen LogP contribution is -2.22. The van der Waals surface area contributed by atoms with Crippen LogP contribution in [-0.2, 0) is 19.1 Å². The highest BCUT2D eigenvalue weighted by Gasteiger charge is 2.11. The van der Waals surface area contributed by atoms with E-state index < -0.39 is 18.5 Å². The van der Waals surface area contributed by atoms with Gasteiger partial charge in [-0.25, -0.2) is 9.59 Å². The van der Waals surface area contributed by atoms with Crippen molar-refractivity contribution in [3.8, 4) is 11.8 Å². The molecule has 0 aliphatic rings. The summed E-state index contributed by atoms with van der Waals surface area (Å²) in [6.45, 7) is 2.55. The minimum atomic E-state index is -0.710. The van der Waals surface area contributed by atoms with Crippen molar-refractivity contribution in [1.29, 1.82) is 5.26 Å². The van der Waals surface area contributed by atoms with Gasteiger partial charge in [0.1, 0.15) is 11.8 Å². The van der Waals surface area contributed by atoms with E-state index in [1.54, 1.807) is 38.1 Å². The third-order valence-corrected chi connectivity index (χ3v) is 2.07. The Balaban J connectivity index is 2.37. The third-order valence-electron chi connectivity index (χ3n) is 2.07. The number of para-hydroxylation sites is 1. The minimum absolute atomic E-state index is 0.264. The Morgan fingerprint density at radius 2 is 1.90 bits per heavy atom. The van der Waals surface area contributed by atoms with Gasteiger partial charge in [-0.3, -0.25) is 0 Å². The zero-order valence-corrected chi connectivity index (χ0v) is 11.3. The van der Waals surface area contributed by atoms with Crippen LogP contribution in [0.4, 0.5) is 0 Å². The molecule has 20 heavy (non-hydrogen) atoms. The predicted octanol–water partition coefficient (Wildman–Crippen LogP) is 1.43. The molecular weight excluding hydrogens is 262 g/mol. The Bertz CT molecular complexity index is 519. The summed E-state index contributed by atoms with van der Waals surface area (Å²) in [6.07, 6.45) is -0.264. The van der Waals surface area contributed by atoms with Gasteiger partial charge in [0.05, 0.1) is 11.7 Å². The standard InChI is InChI=1S/C14H15NO5/c1-10(2)20-14(17)9-19-13(16)8-18-12-6-4-3-5-11(12)7-15/h3-6,10H,8-9H2,1-2H3. The van der Waals surface area contributed by atoms with E-state index in [4.69, 9.17) is 14.7 Å². The van der Waals surface area contributed by atoms with E-state index in [-0.39, 0.29) is 18.5 Å². The lowest BCUT2D eigenvalue weighted by molar-refractivity contribution is -0.162. The zero-order chi connectivity index (χ0) is 15.0. The smallest absolute Gasteiger partial charge is 0.344 e. The molecule has 0 atom stereocenters. The average molecular weight is 277 g/mol. The van der Waals surface area contributed by atoms with Gasteiger partial charge in [0.15, 0.2) is 13.2 Å². The van der Waals surface area contributed by atoms with Gasteiger partial charge in [0, 0.05) is 0 Å². The molecule has 0 radical (unpaired) electrons. The van der Waals surface area contributed by atoms with Gasteiger partial charge in [0.25, 0.3) is 0 Å². The maximum Gasteiger partial charge on any atom is 0.344 e. The molecule has 0 bridgehead atoms. The minimum Gasteiger partial charge on any atom is -0.481 e. The summed E-state index contributed by atoms with van der Waals surface area (Å²) in [7, 11) is 0. The van der Waals surface area contributed by atoms with Crippen LogP contribution in [0.2, 0.25) is 0 Å². The van der Waals surface area contributed by atoms with Crippen LogP contribution in [0.3, 0.4) is 0 Å². The molecule has 1 aromatic rings. The lowest BCUT2D eigenvalue weighted by atomic mass is 10.2. The summed E-state index contributed by atoms with van der Waals surface area (Å²) in [6, 6.07) is 8.45. The monoisotopic (exact) mass is 277 g/mol. The first-order valence-corrected chi connectivity index (χ1v) is 6.00. The molecule has 0 N–H and O–H groups in total. The highest BCUT2D eigenvalue weighted by atomic mass is 16.6. The number of esters is 2. The van der Waals surface area contributed by atoms with Crippen LogP contribution >= 0.6 is 0 Å². The first-order valence-electron chi connectivity index (χ1n) is 6.00. The fourth-order valence-electron chi connectivity index (χ4n) is 1.30. The van der Waals surface area contributed by atoms with Gasteiger partial charge in [-0.15, -0.1) is 0 Å². The van der Waals surface area contributed by atoms with Gasteiger partial charge in [-0.1, -0.05) is 12.1 Å². The average Bonchev–Trinajstić information content (AvgIpc) is 2.42. The Morgan fingerprint density at radius 1 is 1.20 bits per heavy atom. The number of rotatable bonds is 6. The van der Waals surface area contributed by atoms with Crippen molar-refractivity contribution in [3.63, 3.8) is 0 Å². The van der Waals surface area contributed by atoms with Gasteiger partial charge in [-0.2, -0.15) is 5.26 Å². The summed E-state index contributed by atoms with van der Waals surface area (Å²) in [4.78, 5) is 22.5. The quantitative estimate of drug-likeness (QED) is 0.731. The Kier molecular flexibility index (Phi) is 6.04. The Morgan fingerprint density at radius 3 is 2.55 bits per heavy atom. The second kappa shape index (κ2) is 7.79. The number of nitrogens with zero attached hydrogens (tertiary/aromatic N) is 1. The number of hydrogen-bond acceptors (Lipinski definition) is 6. The van der Waals surface area contributed by atoms with Gasteiger partial charge in [0.2, 0.25) is 0 Å². The van der Waals surface area contributed by atoms with Crippen LogP contribution in [0.5, 0.6) is 5.75 Å². The van der Waals surface area contributed by atoms with Crippen LogP contribution in [0, 0.1) is 11.3 Å². The maximum absolute atomic E-state index is 11.4. The van der Waals surface area contributed by atoms with Crippen molar-refractivity contribution in [2.24, 2.45) is 0 Å². The molecule has 0 heterocycles. The van der Waals surface area contributed by atoms with E-state index >= 15 is 0 Å². The molecule has 1 rings (SSSR count). The van der Waals surface area contributed by atoms with E-state index in [1.807, 2.05) is 6.07 Å². The van der Waals surface area contributed by atoms with Crippen molar-refractivity contribution in [2.75, 3.05) is 13.2 Å².